The first kappa shape index (κ1) is 45.2. The molecule has 0 aliphatic heterocycles. The van der Waals surface area contributed by atoms with Gasteiger partial charge in [0.2, 0.25) is 0 Å². The van der Waals surface area contributed by atoms with Crippen molar-refractivity contribution >= 4 is 150 Å². The molecule has 0 radical (unpaired) electrons. The van der Waals surface area contributed by atoms with Crippen LogP contribution >= 0.6 is 22.7 Å². The highest BCUT2D eigenvalue weighted by atomic mass is 32.1. The van der Waals surface area contributed by atoms with E-state index in [2.05, 4.69) is 273 Å². The number of hydrogen-bond acceptors (Lipinski definition) is 4. The van der Waals surface area contributed by atoms with Gasteiger partial charge in [0, 0.05) is 78.7 Å². The molecule has 6 heterocycles. The monoisotopic (exact) mass is 1080 g/mol. The molecule has 0 saturated carbocycles. The summed E-state index contributed by atoms with van der Waals surface area (Å²) < 4.78 is 14.1. The van der Waals surface area contributed by atoms with Gasteiger partial charge >= 0.3 is 0 Å². The molecule has 12 aromatic carbocycles. The van der Waals surface area contributed by atoms with Crippen LogP contribution in [0.3, 0.4) is 0 Å². The van der Waals surface area contributed by atoms with Gasteiger partial charge in [0.25, 0.3) is 0 Å². The fourth-order valence-corrected chi connectivity index (χ4v) is 16.3. The Bertz CT molecular complexity index is 5630. The lowest BCUT2D eigenvalue weighted by molar-refractivity contribution is 1.02. The van der Waals surface area contributed by atoms with Crippen LogP contribution in [0.15, 0.2) is 243 Å². The molecule has 6 aromatic heterocycles. The van der Waals surface area contributed by atoms with E-state index in [1.54, 1.807) is 11.3 Å². The summed E-state index contributed by atoms with van der Waals surface area (Å²) in [5.41, 5.74) is 13.1. The van der Waals surface area contributed by atoms with Crippen molar-refractivity contribution in [2.75, 3.05) is 0 Å². The van der Waals surface area contributed by atoms with Gasteiger partial charge in [-0.2, -0.15) is 10.5 Å². The SMILES string of the molecule is N#Cc1c(-n2c3ccccc3c3ccccc32)c(C#N)c(-n2c3ccccc3c3ccccc32)c(-n2c3cc(-c4cccc5sc6ccccc6c45)ccc3c3ccc4c5ccccc5sc4c32)c1-n1c2ccccc2c2ccccc21. The topological polar surface area (TPSA) is 67.3 Å². The Kier molecular flexibility index (Phi) is 9.30. The number of fused-ring (bicyclic) bond motifs is 19. The minimum Gasteiger partial charge on any atom is -0.306 e. The Hall–Kier alpha value is -10.7. The fourth-order valence-electron chi connectivity index (χ4n) is 14.0. The van der Waals surface area contributed by atoms with Crippen molar-refractivity contribution in [3.8, 4) is 46.0 Å². The molecule has 6 nitrogen and oxygen atoms in total. The Balaban J connectivity index is 1.16. The zero-order chi connectivity index (χ0) is 53.9. The second kappa shape index (κ2) is 16.9. The van der Waals surface area contributed by atoms with E-state index in [9.17, 15) is 10.5 Å². The first-order valence-corrected chi connectivity index (χ1v) is 29.1. The molecule has 0 aliphatic rings. The standard InChI is InChI=1S/C74H40N6S2/c75-41-56-69(77-58-27-9-1-18-45(58)46-19-2-10-28-59(46)77)57(42-76)71(79-62-31-13-5-22-49(62)50-23-6-14-32-63(50)79)73(70(56)78-60-29-11-3-20-47(60)48-21-4-12-30-61(48)78)80-64-40-43(44-26-17-35-67-68(44)55-25-8-16-34-66(55)81-67)36-37-51(64)53-38-39-54-52-24-7-15-33-65(52)82-74(54)72(53)80/h1-40H. The molecule has 8 heteroatoms. The van der Waals surface area contributed by atoms with Gasteiger partial charge in [0.1, 0.15) is 23.3 Å². The third-order valence-corrected chi connectivity index (χ3v) is 19.6. The Morgan fingerprint density at radius 3 is 1.17 bits per heavy atom. The number of aromatic nitrogens is 4. The minimum absolute atomic E-state index is 0.373. The molecule has 18 aromatic rings. The molecule has 18 rings (SSSR count). The Morgan fingerprint density at radius 1 is 0.280 bits per heavy atom. The second-order valence-electron chi connectivity index (χ2n) is 21.3. The van der Waals surface area contributed by atoms with Gasteiger partial charge in [0.15, 0.2) is 0 Å². The smallest absolute Gasteiger partial charge is 0.104 e. The summed E-state index contributed by atoms with van der Waals surface area (Å²) >= 11 is 3.62. The summed E-state index contributed by atoms with van der Waals surface area (Å²) in [6, 6.07) is 92.5. The predicted molar refractivity (Wildman–Crippen MR) is 344 cm³/mol. The first-order valence-electron chi connectivity index (χ1n) is 27.5. The van der Waals surface area contributed by atoms with E-state index in [0.29, 0.717) is 28.2 Å². The maximum absolute atomic E-state index is 12.7. The van der Waals surface area contributed by atoms with Crippen molar-refractivity contribution in [3.05, 3.63) is 254 Å². The van der Waals surface area contributed by atoms with Crippen LogP contribution in [0.4, 0.5) is 0 Å². The van der Waals surface area contributed by atoms with Crippen LogP contribution in [-0.2, 0) is 0 Å². The minimum atomic E-state index is 0.373. The molecule has 0 saturated heterocycles. The molecule has 0 aliphatic carbocycles. The van der Waals surface area contributed by atoms with E-state index in [4.69, 9.17) is 0 Å². The van der Waals surface area contributed by atoms with E-state index in [1.807, 2.05) is 11.3 Å². The van der Waals surface area contributed by atoms with E-state index < -0.39 is 0 Å². The molecule has 0 bridgehead atoms. The molecule has 0 unspecified atom stereocenters. The Labute approximate surface area is 475 Å². The summed E-state index contributed by atoms with van der Waals surface area (Å²) in [4.78, 5) is 0. The van der Waals surface area contributed by atoms with E-state index in [-0.39, 0.29) is 0 Å². The largest absolute Gasteiger partial charge is 0.306 e. The summed E-state index contributed by atoms with van der Waals surface area (Å²) in [5.74, 6) is 0. The molecule has 378 valence electrons. The van der Waals surface area contributed by atoms with Crippen LogP contribution in [0.25, 0.3) is 161 Å². The first-order chi connectivity index (χ1) is 40.7. The van der Waals surface area contributed by atoms with E-state index in [0.717, 1.165) is 114 Å². The van der Waals surface area contributed by atoms with Crippen molar-refractivity contribution in [2.24, 2.45) is 0 Å². The average molecular weight is 1080 g/mol. The number of nitrogens with zero attached hydrogens (tertiary/aromatic N) is 6. The third kappa shape index (κ3) is 5.93. The fraction of sp³-hybridized carbons (Fsp3) is 0. The van der Waals surface area contributed by atoms with Crippen LogP contribution in [0.2, 0.25) is 0 Å². The van der Waals surface area contributed by atoms with Crippen LogP contribution in [-0.4, -0.2) is 18.3 Å². The normalized spacial score (nSPS) is 12.1. The number of para-hydroxylation sites is 6. The van der Waals surface area contributed by atoms with Gasteiger partial charge in [-0.15, -0.1) is 22.7 Å². The zero-order valence-electron chi connectivity index (χ0n) is 43.6. The molecular formula is C74H40N6S2. The summed E-state index contributed by atoms with van der Waals surface area (Å²) in [6.07, 6.45) is 0. The number of rotatable bonds is 5. The zero-order valence-corrected chi connectivity index (χ0v) is 45.2. The molecule has 0 amide bonds. The van der Waals surface area contributed by atoms with Crippen molar-refractivity contribution in [3.63, 3.8) is 0 Å². The van der Waals surface area contributed by atoms with Crippen LogP contribution in [0.5, 0.6) is 0 Å². The van der Waals surface area contributed by atoms with Crippen molar-refractivity contribution in [2.45, 2.75) is 0 Å². The molecule has 0 spiro atoms. The van der Waals surface area contributed by atoms with E-state index >= 15 is 0 Å². The third-order valence-electron chi connectivity index (χ3n) is 17.2. The highest BCUT2D eigenvalue weighted by molar-refractivity contribution is 7.26. The second-order valence-corrected chi connectivity index (χ2v) is 23.4. The lowest BCUT2D eigenvalue weighted by Crippen LogP contribution is -2.17. The summed E-state index contributed by atoms with van der Waals surface area (Å²) in [6.45, 7) is 0. The lowest BCUT2D eigenvalue weighted by atomic mass is 9.97. The van der Waals surface area contributed by atoms with Gasteiger partial charge in [0.05, 0.1) is 71.6 Å². The molecule has 0 N–H and O–H groups in total. The highest BCUT2D eigenvalue weighted by Gasteiger charge is 2.35. The molecular weight excluding hydrogens is 1040 g/mol. The van der Waals surface area contributed by atoms with Gasteiger partial charge in [-0.25, -0.2) is 0 Å². The number of benzene rings is 12. The number of hydrogen-bond donors (Lipinski definition) is 0. The molecule has 0 atom stereocenters. The quantitative estimate of drug-likeness (QED) is 0.172. The summed E-state index contributed by atoms with van der Waals surface area (Å²) in [5, 5.41) is 38.7. The van der Waals surface area contributed by atoms with Crippen molar-refractivity contribution in [1.82, 2.24) is 18.3 Å². The number of nitriles is 2. The van der Waals surface area contributed by atoms with Crippen LogP contribution in [0.1, 0.15) is 11.1 Å². The van der Waals surface area contributed by atoms with Gasteiger partial charge < -0.3 is 18.3 Å². The lowest BCUT2D eigenvalue weighted by Gasteiger charge is -2.27. The van der Waals surface area contributed by atoms with Crippen molar-refractivity contribution in [1.29, 1.82) is 10.5 Å². The maximum atomic E-state index is 12.7. The Morgan fingerprint density at radius 2 is 0.671 bits per heavy atom. The van der Waals surface area contributed by atoms with Crippen LogP contribution < -0.4 is 0 Å². The predicted octanol–water partition coefficient (Wildman–Crippen LogP) is 20.2. The molecule has 82 heavy (non-hydrogen) atoms. The van der Waals surface area contributed by atoms with E-state index in [1.165, 1.54) is 30.3 Å². The van der Waals surface area contributed by atoms with Crippen molar-refractivity contribution < 1.29 is 0 Å². The number of thiophene rings is 2. The highest BCUT2D eigenvalue weighted by Crippen LogP contribution is 2.52. The maximum Gasteiger partial charge on any atom is 0.104 e. The van der Waals surface area contributed by atoms with Gasteiger partial charge in [-0.3, -0.25) is 0 Å². The van der Waals surface area contributed by atoms with Crippen LogP contribution in [0, 0.1) is 22.7 Å². The van der Waals surface area contributed by atoms with Gasteiger partial charge in [-0.1, -0.05) is 182 Å². The molecule has 0 fully saturated rings. The average Bonchev–Trinajstić information content (AvgIpc) is 1.72. The van der Waals surface area contributed by atoms with Gasteiger partial charge in [-0.05, 0) is 71.8 Å². The summed E-state index contributed by atoms with van der Waals surface area (Å²) in [7, 11) is 0.